The van der Waals surface area contributed by atoms with Gasteiger partial charge in [0.25, 0.3) is 5.91 Å². The molecule has 4 rings (SSSR count). The zero-order valence-corrected chi connectivity index (χ0v) is 20.4. The van der Waals surface area contributed by atoms with Crippen LogP contribution in [-0.2, 0) is 20.8 Å². The molecule has 2 saturated heterocycles. The first-order valence-electron chi connectivity index (χ1n) is 12.4. The van der Waals surface area contributed by atoms with Gasteiger partial charge < -0.3 is 26.6 Å². The van der Waals surface area contributed by atoms with Crippen molar-refractivity contribution in [1.82, 2.24) is 25.8 Å². The first kappa shape index (κ1) is 26.2. The van der Waals surface area contributed by atoms with E-state index in [-0.39, 0.29) is 43.3 Å². The molecule has 4 atom stereocenters. The lowest BCUT2D eigenvalue weighted by Crippen LogP contribution is -2.61. The Kier molecular flexibility index (Phi) is 8.44. The van der Waals surface area contributed by atoms with Crippen LogP contribution in [0.1, 0.15) is 41.6 Å². The number of carbonyl (C=O) groups is 4. The van der Waals surface area contributed by atoms with Crippen molar-refractivity contribution in [3.63, 3.8) is 0 Å². The highest BCUT2D eigenvalue weighted by Gasteiger charge is 2.40. The van der Waals surface area contributed by atoms with Gasteiger partial charge in [-0.3, -0.25) is 24.2 Å². The van der Waals surface area contributed by atoms with E-state index in [0.29, 0.717) is 24.0 Å². The highest BCUT2D eigenvalue weighted by molar-refractivity contribution is 5.95. The third-order valence-electron chi connectivity index (χ3n) is 6.84. The molecule has 0 spiro atoms. The molecule has 2 aromatic rings. The Balaban J connectivity index is 1.49. The lowest BCUT2D eigenvalue weighted by molar-refractivity contribution is -0.144. The zero-order valence-electron chi connectivity index (χ0n) is 20.4. The predicted molar refractivity (Wildman–Crippen MR) is 132 cm³/mol. The SMILES string of the molecule is NC(=O)C(Cc1ccc(F)cc1)NC(=O)C1CC(NC(=O)c2ccncc2)CCN1C(=O)C1CCCN1. The van der Waals surface area contributed by atoms with Crippen molar-refractivity contribution in [1.29, 1.82) is 0 Å². The number of benzene rings is 1. The van der Waals surface area contributed by atoms with Crippen LogP contribution in [0.5, 0.6) is 0 Å². The number of aromatic nitrogens is 1. The molecule has 4 amide bonds. The maximum absolute atomic E-state index is 13.5. The molecule has 2 aliphatic rings. The first-order chi connectivity index (χ1) is 17.8. The van der Waals surface area contributed by atoms with Crippen molar-refractivity contribution in [3.8, 4) is 0 Å². The van der Waals surface area contributed by atoms with Crippen LogP contribution in [0.4, 0.5) is 4.39 Å². The molecule has 37 heavy (non-hydrogen) atoms. The van der Waals surface area contributed by atoms with Crippen LogP contribution in [0.2, 0.25) is 0 Å². The highest BCUT2D eigenvalue weighted by Crippen LogP contribution is 2.22. The summed E-state index contributed by atoms with van der Waals surface area (Å²) in [6.07, 6.45) is 5.33. The highest BCUT2D eigenvalue weighted by atomic mass is 19.1. The summed E-state index contributed by atoms with van der Waals surface area (Å²) in [7, 11) is 0. The van der Waals surface area contributed by atoms with Gasteiger partial charge in [-0.05, 0) is 62.1 Å². The summed E-state index contributed by atoms with van der Waals surface area (Å²) in [6.45, 7) is 1.00. The fourth-order valence-corrected chi connectivity index (χ4v) is 4.82. The summed E-state index contributed by atoms with van der Waals surface area (Å²) in [4.78, 5) is 57.0. The van der Waals surface area contributed by atoms with Gasteiger partial charge in [-0.2, -0.15) is 0 Å². The van der Waals surface area contributed by atoms with Crippen molar-refractivity contribution in [2.75, 3.05) is 13.1 Å². The molecule has 0 aliphatic carbocycles. The topological polar surface area (TPSA) is 147 Å². The number of piperidine rings is 1. The second-order valence-electron chi connectivity index (χ2n) is 9.42. The number of rotatable bonds is 8. The average molecular weight is 511 g/mol. The molecule has 5 N–H and O–H groups in total. The predicted octanol–water partition coefficient (Wildman–Crippen LogP) is 0.275. The molecule has 11 heteroatoms. The minimum absolute atomic E-state index is 0.0778. The Morgan fingerprint density at radius 3 is 2.49 bits per heavy atom. The van der Waals surface area contributed by atoms with Gasteiger partial charge in [0.15, 0.2) is 0 Å². The van der Waals surface area contributed by atoms with Crippen molar-refractivity contribution >= 4 is 23.6 Å². The number of likely N-dealkylation sites (tertiary alicyclic amines) is 1. The van der Waals surface area contributed by atoms with Crippen molar-refractivity contribution in [2.45, 2.75) is 56.3 Å². The third-order valence-corrected chi connectivity index (χ3v) is 6.84. The fraction of sp³-hybridized carbons (Fsp3) is 0.423. The monoisotopic (exact) mass is 510 g/mol. The quantitative estimate of drug-likeness (QED) is 0.401. The number of nitrogens with two attached hydrogens (primary N) is 1. The molecule has 196 valence electrons. The van der Waals surface area contributed by atoms with Crippen LogP contribution in [0.15, 0.2) is 48.8 Å². The molecule has 2 fully saturated rings. The Bertz CT molecular complexity index is 1120. The van der Waals surface area contributed by atoms with Gasteiger partial charge in [-0.25, -0.2) is 4.39 Å². The van der Waals surface area contributed by atoms with E-state index >= 15 is 0 Å². The maximum Gasteiger partial charge on any atom is 0.251 e. The van der Waals surface area contributed by atoms with Gasteiger partial charge in [-0.1, -0.05) is 12.1 Å². The van der Waals surface area contributed by atoms with Crippen LogP contribution in [0.3, 0.4) is 0 Å². The lowest BCUT2D eigenvalue weighted by atomic mass is 9.94. The van der Waals surface area contributed by atoms with Gasteiger partial charge in [-0.15, -0.1) is 0 Å². The summed E-state index contributed by atoms with van der Waals surface area (Å²) in [5, 5.41) is 8.80. The number of amides is 4. The minimum Gasteiger partial charge on any atom is -0.368 e. The second kappa shape index (κ2) is 11.9. The molecule has 1 aromatic heterocycles. The number of hydrogen-bond donors (Lipinski definition) is 4. The van der Waals surface area contributed by atoms with E-state index in [9.17, 15) is 23.6 Å². The Morgan fingerprint density at radius 2 is 1.84 bits per heavy atom. The smallest absolute Gasteiger partial charge is 0.251 e. The lowest BCUT2D eigenvalue weighted by Gasteiger charge is -2.40. The van der Waals surface area contributed by atoms with Crippen molar-refractivity contribution in [2.24, 2.45) is 5.73 Å². The van der Waals surface area contributed by atoms with Gasteiger partial charge >= 0.3 is 0 Å². The molecule has 1 aromatic carbocycles. The summed E-state index contributed by atoms with van der Waals surface area (Å²) in [5.74, 6) is -2.16. The number of carbonyl (C=O) groups excluding carboxylic acids is 4. The van der Waals surface area contributed by atoms with Crippen LogP contribution >= 0.6 is 0 Å². The molecule has 2 aliphatic heterocycles. The summed E-state index contributed by atoms with van der Waals surface area (Å²) >= 11 is 0. The summed E-state index contributed by atoms with van der Waals surface area (Å²) in [6, 6.07) is 6.07. The van der Waals surface area contributed by atoms with E-state index in [1.165, 1.54) is 41.6 Å². The Hall–Kier alpha value is -3.86. The van der Waals surface area contributed by atoms with Crippen LogP contribution in [0.25, 0.3) is 0 Å². The number of hydrogen-bond acceptors (Lipinski definition) is 6. The fourth-order valence-electron chi connectivity index (χ4n) is 4.82. The molecule has 4 unspecified atom stereocenters. The molecule has 0 radical (unpaired) electrons. The van der Waals surface area contributed by atoms with Crippen molar-refractivity contribution in [3.05, 3.63) is 65.7 Å². The number of pyridine rings is 1. The third kappa shape index (κ3) is 6.67. The van der Waals surface area contributed by atoms with E-state index < -0.39 is 29.7 Å². The molecule has 0 saturated carbocycles. The van der Waals surface area contributed by atoms with Gasteiger partial charge in [0.2, 0.25) is 17.7 Å². The maximum atomic E-state index is 13.5. The van der Waals surface area contributed by atoms with Crippen LogP contribution in [0, 0.1) is 5.82 Å². The number of nitrogens with one attached hydrogen (secondary N) is 3. The van der Waals surface area contributed by atoms with Gasteiger partial charge in [0.1, 0.15) is 17.9 Å². The second-order valence-corrected chi connectivity index (χ2v) is 9.42. The molecular weight excluding hydrogens is 479 g/mol. The molecular formula is C26H31FN6O4. The number of halogens is 1. The normalized spacial score (nSPS) is 22.2. The summed E-state index contributed by atoms with van der Waals surface area (Å²) in [5.41, 5.74) is 6.63. The molecule has 10 nitrogen and oxygen atoms in total. The largest absolute Gasteiger partial charge is 0.368 e. The van der Waals surface area contributed by atoms with E-state index in [1.54, 1.807) is 12.1 Å². The Morgan fingerprint density at radius 1 is 1.11 bits per heavy atom. The van der Waals surface area contributed by atoms with Crippen LogP contribution < -0.4 is 21.7 Å². The zero-order chi connectivity index (χ0) is 26.4. The van der Waals surface area contributed by atoms with E-state index in [1.807, 2.05) is 0 Å². The minimum atomic E-state index is -1.05. The van der Waals surface area contributed by atoms with Crippen molar-refractivity contribution < 1.29 is 23.6 Å². The Labute approximate surface area is 214 Å². The average Bonchev–Trinajstić information content (AvgIpc) is 3.44. The van der Waals surface area contributed by atoms with Crippen LogP contribution in [-0.4, -0.2) is 70.8 Å². The van der Waals surface area contributed by atoms with E-state index in [2.05, 4.69) is 20.9 Å². The molecule has 0 bridgehead atoms. The summed E-state index contributed by atoms with van der Waals surface area (Å²) < 4.78 is 13.3. The standard InChI is InChI=1S/C26H31FN6O4/c27-18-5-3-16(4-6-18)14-21(23(28)34)32-25(36)22-15-19(31-24(35)17-7-11-29-12-8-17)9-13-33(22)26(37)20-2-1-10-30-20/h3-8,11-12,19-22,30H,1-2,9-10,13-15H2,(H2,28,34)(H,31,35)(H,32,36). The first-order valence-corrected chi connectivity index (χ1v) is 12.4. The number of nitrogens with zero attached hydrogens (tertiary/aromatic N) is 2. The van der Waals surface area contributed by atoms with E-state index in [0.717, 1.165) is 13.0 Å². The number of primary amides is 1. The van der Waals surface area contributed by atoms with Gasteiger partial charge in [0, 0.05) is 37.0 Å². The molecule has 3 heterocycles. The van der Waals surface area contributed by atoms with E-state index in [4.69, 9.17) is 5.73 Å². The van der Waals surface area contributed by atoms with Gasteiger partial charge in [0.05, 0.1) is 6.04 Å².